The van der Waals surface area contributed by atoms with Crippen LogP contribution in [0.5, 0.6) is 0 Å². The van der Waals surface area contributed by atoms with Crippen molar-refractivity contribution in [3.8, 4) is 0 Å². The van der Waals surface area contributed by atoms with Crippen molar-refractivity contribution in [1.29, 1.82) is 0 Å². The van der Waals surface area contributed by atoms with Crippen LogP contribution >= 0.6 is 11.8 Å². The van der Waals surface area contributed by atoms with E-state index in [2.05, 4.69) is 10.3 Å². The van der Waals surface area contributed by atoms with Gasteiger partial charge in [0.25, 0.3) is 0 Å². The maximum absolute atomic E-state index is 12.0. The molecule has 1 aliphatic heterocycles. The Kier molecular flexibility index (Phi) is 5.25. The Morgan fingerprint density at radius 1 is 1.33 bits per heavy atom. The fourth-order valence-electron chi connectivity index (χ4n) is 2.64. The van der Waals surface area contributed by atoms with Crippen molar-refractivity contribution >= 4 is 27.5 Å². The molecular weight excluding hydrogens is 346 g/mol. The summed E-state index contributed by atoms with van der Waals surface area (Å²) >= 11 is 1.35. The summed E-state index contributed by atoms with van der Waals surface area (Å²) in [6.07, 6.45) is 4.10. The van der Waals surface area contributed by atoms with Crippen LogP contribution in [0.25, 0.3) is 0 Å². The van der Waals surface area contributed by atoms with E-state index in [1.165, 1.54) is 11.8 Å². The van der Waals surface area contributed by atoms with Gasteiger partial charge in [0.2, 0.25) is 5.91 Å². The van der Waals surface area contributed by atoms with Gasteiger partial charge in [-0.05, 0) is 12.0 Å². The first-order valence-electron chi connectivity index (χ1n) is 7.69. The molecule has 1 fully saturated rings. The zero-order chi connectivity index (χ0) is 17.0. The van der Waals surface area contributed by atoms with Gasteiger partial charge in [0.05, 0.1) is 17.3 Å². The minimum Gasteiger partial charge on any atom is -0.352 e. The summed E-state index contributed by atoms with van der Waals surface area (Å²) in [6, 6.07) is 9.78. The molecule has 24 heavy (non-hydrogen) atoms. The number of nitrogens with one attached hydrogen (secondary N) is 1. The van der Waals surface area contributed by atoms with Gasteiger partial charge in [-0.15, -0.1) is 0 Å². The van der Waals surface area contributed by atoms with Crippen LogP contribution < -0.4 is 5.32 Å². The second-order valence-corrected chi connectivity index (χ2v) is 8.95. The van der Waals surface area contributed by atoms with Gasteiger partial charge >= 0.3 is 0 Å². The number of imidazole rings is 1. The third kappa shape index (κ3) is 4.61. The van der Waals surface area contributed by atoms with Crippen molar-refractivity contribution < 1.29 is 13.2 Å². The maximum atomic E-state index is 12.0. The summed E-state index contributed by atoms with van der Waals surface area (Å²) in [4.78, 5) is 16.3. The Hall–Kier alpha value is -1.80. The molecule has 0 spiro atoms. The van der Waals surface area contributed by atoms with Crippen molar-refractivity contribution in [3.05, 3.63) is 48.3 Å². The first-order valence-corrected chi connectivity index (χ1v) is 10.5. The number of rotatable bonds is 6. The highest BCUT2D eigenvalue weighted by Gasteiger charge is 2.28. The number of benzene rings is 1. The summed E-state index contributed by atoms with van der Waals surface area (Å²) in [5.41, 5.74) is 1.16. The lowest BCUT2D eigenvalue weighted by molar-refractivity contribution is -0.119. The standard InChI is InChI=1S/C16H19N3O3S2/c20-15(18-14-6-9-24(21,22)12-14)11-23-16-17-7-8-19(16)10-13-4-2-1-3-5-13/h1-5,7-8,14H,6,9-12H2,(H,18,20). The number of hydrogen-bond acceptors (Lipinski definition) is 5. The number of amides is 1. The molecule has 1 aromatic carbocycles. The van der Waals surface area contributed by atoms with E-state index >= 15 is 0 Å². The maximum Gasteiger partial charge on any atom is 0.230 e. The third-order valence-corrected chi connectivity index (χ3v) is 6.58. The van der Waals surface area contributed by atoms with E-state index in [1.54, 1.807) is 6.20 Å². The minimum atomic E-state index is -2.98. The summed E-state index contributed by atoms with van der Waals surface area (Å²) in [6.45, 7) is 0.700. The summed E-state index contributed by atoms with van der Waals surface area (Å²) in [5, 5.41) is 3.56. The number of carbonyl (C=O) groups is 1. The molecule has 1 aliphatic rings. The molecule has 1 aromatic heterocycles. The van der Waals surface area contributed by atoms with Crippen molar-refractivity contribution in [2.24, 2.45) is 0 Å². The predicted octanol–water partition coefficient (Wildman–Crippen LogP) is 1.33. The van der Waals surface area contributed by atoms with E-state index < -0.39 is 9.84 Å². The van der Waals surface area contributed by atoms with Gasteiger partial charge < -0.3 is 9.88 Å². The Bertz CT molecular complexity index is 803. The van der Waals surface area contributed by atoms with E-state index in [1.807, 2.05) is 41.1 Å². The molecule has 0 radical (unpaired) electrons. The molecule has 8 heteroatoms. The predicted molar refractivity (Wildman–Crippen MR) is 93.7 cm³/mol. The highest BCUT2D eigenvalue weighted by atomic mass is 32.2. The SMILES string of the molecule is O=C(CSc1nccn1Cc1ccccc1)NC1CCS(=O)(=O)C1. The second kappa shape index (κ2) is 7.40. The molecule has 1 atom stereocenters. The van der Waals surface area contributed by atoms with Crippen LogP contribution in [0.1, 0.15) is 12.0 Å². The largest absolute Gasteiger partial charge is 0.352 e. The van der Waals surface area contributed by atoms with Crippen LogP contribution in [-0.2, 0) is 21.2 Å². The normalized spacial score (nSPS) is 19.2. The molecule has 2 aromatic rings. The fourth-order valence-corrected chi connectivity index (χ4v) is 5.09. The third-order valence-electron chi connectivity index (χ3n) is 3.80. The van der Waals surface area contributed by atoms with Crippen LogP contribution in [0.3, 0.4) is 0 Å². The van der Waals surface area contributed by atoms with Gasteiger partial charge in [0, 0.05) is 25.0 Å². The Labute approximate surface area is 145 Å². The van der Waals surface area contributed by atoms with Gasteiger partial charge in [-0.25, -0.2) is 13.4 Å². The molecule has 1 unspecified atom stereocenters. The average Bonchev–Trinajstić information content (AvgIpc) is 3.12. The van der Waals surface area contributed by atoms with Crippen LogP contribution in [-0.4, -0.2) is 47.2 Å². The van der Waals surface area contributed by atoms with Gasteiger partial charge in [-0.2, -0.15) is 0 Å². The lowest BCUT2D eigenvalue weighted by atomic mass is 10.2. The average molecular weight is 365 g/mol. The zero-order valence-electron chi connectivity index (χ0n) is 13.1. The molecule has 0 aliphatic carbocycles. The van der Waals surface area contributed by atoms with Crippen LogP contribution in [0, 0.1) is 0 Å². The van der Waals surface area contributed by atoms with E-state index in [-0.39, 0.29) is 29.2 Å². The van der Waals surface area contributed by atoms with Gasteiger partial charge in [0.15, 0.2) is 15.0 Å². The number of aromatic nitrogens is 2. The van der Waals surface area contributed by atoms with E-state index in [4.69, 9.17) is 0 Å². The van der Waals surface area contributed by atoms with Crippen molar-refractivity contribution in [2.75, 3.05) is 17.3 Å². The molecule has 6 nitrogen and oxygen atoms in total. The van der Waals surface area contributed by atoms with E-state index in [0.717, 1.165) is 10.7 Å². The number of carbonyl (C=O) groups excluding carboxylic acids is 1. The number of sulfone groups is 1. The Morgan fingerprint density at radius 2 is 2.12 bits per heavy atom. The summed E-state index contributed by atoms with van der Waals surface area (Å²) < 4.78 is 24.8. The number of hydrogen-bond donors (Lipinski definition) is 1. The van der Waals surface area contributed by atoms with Gasteiger partial charge in [-0.3, -0.25) is 4.79 Å². The quantitative estimate of drug-likeness (QED) is 0.781. The molecule has 1 amide bonds. The molecule has 128 valence electrons. The van der Waals surface area contributed by atoms with Gasteiger partial charge in [-0.1, -0.05) is 42.1 Å². The molecule has 1 N–H and O–H groups in total. The van der Waals surface area contributed by atoms with E-state index in [9.17, 15) is 13.2 Å². The Balaban J connectivity index is 1.52. The minimum absolute atomic E-state index is 0.0477. The molecule has 0 saturated carbocycles. The summed E-state index contributed by atoms with van der Waals surface area (Å²) in [5.74, 6) is 0.275. The van der Waals surface area contributed by atoms with Crippen molar-refractivity contribution in [1.82, 2.24) is 14.9 Å². The van der Waals surface area contributed by atoms with Crippen LogP contribution in [0.2, 0.25) is 0 Å². The highest BCUT2D eigenvalue weighted by Crippen LogP contribution is 2.18. The molecule has 3 rings (SSSR count). The number of nitrogens with zero attached hydrogens (tertiary/aromatic N) is 2. The lowest BCUT2D eigenvalue weighted by Gasteiger charge is -2.11. The van der Waals surface area contributed by atoms with Crippen LogP contribution in [0.4, 0.5) is 0 Å². The highest BCUT2D eigenvalue weighted by molar-refractivity contribution is 7.99. The molecule has 1 saturated heterocycles. The zero-order valence-corrected chi connectivity index (χ0v) is 14.7. The lowest BCUT2D eigenvalue weighted by Crippen LogP contribution is -2.36. The topological polar surface area (TPSA) is 81.1 Å². The number of thioether (sulfide) groups is 1. The van der Waals surface area contributed by atoms with Crippen molar-refractivity contribution in [3.63, 3.8) is 0 Å². The first kappa shape index (κ1) is 17.0. The van der Waals surface area contributed by atoms with Crippen LogP contribution in [0.15, 0.2) is 47.9 Å². The fraction of sp³-hybridized carbons (Fsp3) is 0.375. The smallest absolute Gasteiger partial charge is 0.230 e. The first-order chi connectivity index (χ1) is 11.5. The monoisotopic (exact) mass is 365 g/mol. The summed E-state index contributed by atoms with van der Waals surface area (Å²) in [7, 11) is -2.98. The molecule has 2 heterocycles. The molecular formula is C16H19N3O3S2. The van der Waals surface area contributed by atoms with E-state index in [0.29, 0.717) is 13.0 Å². The van der Waals surface area contributed by atoms with Gasteiger partial charge in [0.1, 0.15) is 0 Å². The second-order valence-electron chi connectivity index (χ2n) is 5.78. The van der Waals surface area contributed by atoms with Crippen molar-refractivity contribution in [2.45, 2.75) is 24.2 Å². The Morgan fingerprint density at radius 3 is 2.83 bits per heavy atom. The molecule has 0 bridgehead atoms.